The lowest BCUT2D eigenvalue weighted by Gasteiger charge is -2.10. The standard InChI is InChI=1S/C21H17BrN4O2/c1-14-3-2-4-15(11-14)13-24-26-21(28)18-12-17(22)5-6-19(18)25-20(27)16-7-9-23-10-8-16/h2-13H,1H3,(H,25,27)(H,26,28). The van der Waals surface area contributed by atoms with Crippen LogP contribution in [-0.2, 0) is 0 Å². The van der Waals surface area contributed by atoms with Crippen LogP contribution in [-0.4, -0.2) is 23.0 Å². The van der Waals surface area contributed by atoms with E-state index in [9.17, 15) is 9.59 Å². The Morgan fingerprint density at radius 3 is 2.57 bits per heavy atom. The molecule has 1 heterocycles. The van der Waals surface area contributed by atoms with Crippen LogP contribution in [0.1, 0.15) is 31.8 Å². The molecule has 7 heteroatoms. The number of pyridine rings is 1. The lowest BCUT2D eigenvalue weighted by molar-refractivity contribution is 0.0956. The van der Waals surface area contributed by atoms with Crippen LogP contribution in [0.3, 0.4) is 0 Å². The molecule has 0 radical (unpaired) electrons. The molecule has 140 valence electrons. The van der Waals surface area contributed by atoms with Crippen LogP contribution in [0.2, 0.25) is 0 Å². The van der Waals surface area contributed by atoms with Gasteiger partial charge in [-0.2, -0.15) is 5.10 Å². The quantitative estimate of drug-likeness (QED) is 0.464. The highest BCUT2D eigenvalue weighted by molar-refractivity contribution is 9.10. The van der Waals surface area contributed by atoms with Crippen LogP contribution in [0.25, 0.3) is 0 Å². The van der Waals surface area contributed by atoms with Gasteiger partial charge in [-0.25, -0.2) is 5.43 Å². The van der Waals surface area contributed by atoms with Crippen LogP contribution in [0.4, 0.5) is 5.69 Å². The van der Waals surface area contributed by atoms with Gasteiger partial charge in [0, 0.05) is 22.4 Å². The average Bonchev–Trinajstić information content (AvgIpc) is 2.70. The molecule has 3 rings (SSSR count). The van der Waals surface area contributed by atoms with E-state index in [-0.39, 0.29) is 11.5 Å². The van der Waals surface area contributed by atoms with Crippen LogP contribution in [0.5, 0.6) is 0 Å². The number of nitrogens with zero attached hydrogens (tertiary/aromatic N) is 2. The number of hydrogen-bond donors (Lipinski definition) is 2. The molecular formula is C21H17BrN4O2. The summed E-state index contributed by atoms with van der Waals surface area (Å²) in [5.74, 6) is -0.766. The summed E-state index contributed by atoms with van der Waals surface area (Å²) in [4.78, 5) is 28.9. The van der Waals surface area contributed by atoms with Gasteiger partial charge in [-0.3, -0.25) is 14.6 Å². The van der Waals surface area contributed by atoms with Gasteiger partial charge >= 0.3 is 0 Å². The number of hydrogen-bond acceptors (Lipinski definition) is 4. The third kappa shape index (κ3) is 5.11. The smallest absolute Gasteiger partial charge is 0.273 e. The molecule has 1 aromatic heterocycles. The van der Waals surface area contributed by atoms with E-state index in [2.05, 4.69) is 36.8 Å². The molecule has 2 N–H and O–H groups in total. The first-order valence-electron chi connectivity index (χ1n) is 8.44. The number of aryl methyl sites for hydroxylation is 1. The number of amides is 2. The Balaban J connectivity index is 1.76. The lowest BCUT2D eigenvalue weighted by atomic mass is 10.1. The van der Waals surface area contributed by atoms with E-state index in [4.69, 9.17) is 0 Å². The minimum absolute atomic E-state index is 0.290. The predicted molar refractivity (Wildman–Crippen MR) is 113 cm³/mol. The summed E-state index contributed by atoms with van der Waals surface area (Å²) in [5, 5.41) is 6.76. The monoisotopic (exact) mass is 436 g/mol. The molecule has 6 nitrogen and oxygen atoms in total. The molecule has 0 saturated carbocycles. The molecule has 0 saturated heterocycles. The van der Waals surface area contributed by atoms with Crippen LogP contribution in [0, 0.1) is 6.92 Å². The Morgan fingerprint density at radius 2 is 1.82 bits per heavy atom. The van der Waals surface area contributed by atoms with Gasteiger partial charge in [0.25, 0.3) is 11.8 Å². The minimum Gasteiger partial charge on any atom is -0.321 e. The molecule has 0 fully saturated rings. The molecule has 0 aliphatic heterocycles. The fourth-order valence-electron chi connectivity index (χ4n) is 2.49. The van der Waals surface area contributed by atoms with Crippen molar-refractivity contribution in [3.05, 3.63) is 93.7 Å². The topological polar surface area (TPSA) is 83.5 Å². The van der Waals surface area contributed by atoms with E-state index in [1.165, 1.54) is 12.4 Å². The van der Waals surface area contributed by atoms with Crippen molar-refractivity contribution in [2.24, 2.45) is 5.10 Å². The van der Waals surface area contributed by atoms with E-state index in [1.54, 1.807) is 36.5 Å². The molecule has 3 aromatic rings. The van der Waals surface area contributed by atoms with Crippen molar-refractivity contribution < 1.29 is 9.59 Å². The van der Waals surface area contributed by atoms with Gasteiger partial charge in [-0.15, -0.1) is 0 Å². The van der Waals surface area contributed by atoms with Gasteiger partial charge in [0.2, 0.25) is 0 Å². The SMILES string of the molecule is Cc1cccc(C=NNC(=O)c2cc(Br)ccc2NC(=O)c2ccncc2)c1. The molecule has 0 aliphatic rings. The van der Waals surface area contributed by atoms with Gasteiger partial charge in [0.1, 0.15) is 0 Å². The molecular weight excluding hydrogens is 420 g/mol. The van der Waals surface area contributed by atoms with Crippen molar-refractivity contribution in [2.75, 3.05) is 5.32 Å². The van der Waals surface area contributed by atoms with E-state index in [0.29, 0.717) is 15.7 Å². The van der Waals surface area contributed by atoms with Gasteiger partial charge < -0.3 is 5.32 Å². The summed E-state index contributed by atoms with van der Waals surface area (Å²) in [6.45, 7) is 1.98. The summed E-state index contributed by atoms with van der Waals surface area (Å²) in [7, 11) is 0. The van der Waals surface area contributed by atoms with E-state index >= 15 is 0 Å². The Morgan fingerprint density at radius 1 is 1.04 bits per heavy atom. The molecule has 0 bridgehead atoms. The number of rotatable bonds is 5. The first-order chi connectivity index (χ1) is 13.5. The lowest BCUT2D eigenvalue weighted by Crippen LogP contribution is -2.21. The Labute approximate surface area is 170 Å². The highest BCUT2D eigenvalue weighted by Crippen LogP contribution is 2.22. The zero-order chi connectivity index (χ0) is 19.9. The van der Waals surface area contributed by atoms with Crippen LogP contribution in [0.15, 0.2) is 76.6 Å². The number of carbonyl (C=O) groups is 2. The number of hydrazone groups is 1. The normalized spacial score (nSPS) is 10.6. The van der Waals surface area contributed by atoms with Crippen molar-refractivity contribution >= 4 is 39.6 Å². The van der Waals surface area contributed by atoms with Crippen molar-refractivity contribution in [3.8, 4) is 0 Å². The third-order valence-electron chi connectivity index (χ3n) is 3.84. The second-order valence-corrected chi connectivity index (χ2v) is 6.91. The van der Waals surface area contributed by atoms with E-state index < -0.39 is 5.91 Å². The number of anilines is 1. The van der Waals surface area contributed by atoms with Gasteiger partial charge in [0.05, 0.1) is 17.5 Å². The number of carbonyl (C=O) groups excluding carboxylic acids is 2. The first-order valence-corrected chi connectivity index (χ1v) is 9.23. The van der Waals surface area contributed by atoms with Crippen LogP contribution < -0.4 is 10.7 Å². The van der Waals surface area contributed by atoms with E-state index in [0.717, 1.165) is 11.1 Å². The van der Waals surface area contributed by atoms with Gasteiger partial charge in [-0.1, -0.05) is 45.8 Å². The summed E-state index contributed by atoms with van der Waals surface area (Å²) in [6.07, 6.45) is 4.63. The Bertz CT molecular complexity index is 1040. The maximum absolute atomic E-state index is 12.6. The zero-order valence-electron chi connectivity index (χ0n) is 15.0. The fraction of sp³-hybridized carbons (Fsp3) is 0.0476. The third-order valence-corrected chi connectivity index (χ3v) is 4.33. The molecule has 0 atom stereocenters. The Kier molecular flexibility index (Phi) is 6.29. The van der Waals surface area contributed by atoms with Gasteiger partial charge in [-0.05, 0) is 42.8 Å². The number of aromatic nitrogens is 1. The zero-order valence-corrected chi connectivity index (χ0v) is 16.6. The number of nitrogens with one attached hydrogen (secondary N) is 2. The highest BCUT2D eigenvalue weighted by atomic mass is 79.9. The van der Waals surface area contributed by atoms with Crippen molar-refractivity contribution in [2.45, 2.75) is 6.92 Å². The molecule has 2 amide bonds. The van der Waals surface area contributed by atoms with Crippen molar-refractivity contribution in [1.82, 2.24) is 10.4 Å². The number of halogens is 1. The predicted octanol–water partition coefficient (Wildman–Crippen LogP) is 4.17. The molecule has 0 aliphatic carbocycles. The molecule has 0 spiro atoms. The molecule has 28 heavy (non-hydrogen) atoms. The summed E-state index contributed by atoms with van der Waals surface area (Å²) < 4.78 is 0.710. The number of benzene rings is 2. The maximum atomic E-state index is 12.6. The summed E-state index contributed by atoms with van der Waals surface area (Å²) in [6, 6.07) is 16.0. The van der Waals surface area contributed by atoms with Crippen molar-refractivity contribution in [3.63, 3.8) is 0 Å². The van der Waals surface area contributed by atoms with Crippen molar-refractivity contribution in [1.29, 1.82) is 0 Å². The minimum atomic E-state index is -0.435. The van der Waals surface area contributed by atoms with E-state index in [1.807, 2.05) is 31.2 Å². The maximum Gasteiger partial charge on any atom is 0.273 e. The van der Waals surface area contributed by atoms with Crippen LogP contribution >= 0.6 is 15.9 Å². The molecule has 2 aromatic carbocycles. The first kappa shape index (κ1) is 19.4. The molecule has 0 unspecified atom stereocenters. The summed E-state index contributed by atoms with van der Waals surface area (Å²) >= 11 is 3.35. The fourth-order valence-corrected chi connectivity index (χ4v) is 2.85. The second-order valence-electron chi connectivity index (χ2n) is 5.99. The average molecular weight is 437 g/mol. The highest BCUT2D eigenvalue weighted by Gasteiger charge is 2.15. The largest absolute Gasteiger partial charge is 0.321 e. The Hall–Kier alpha value is -3.32. The summed E-state index contributed by atoms with van der Waals surface area (Å²) in [5.41, 5.74) is 5.59. The second kappa shape index (κ2) is 9.05. The van der Waals surface area contributed by atoms with Gasteiger partial charge in [0.15, 0.2) is 0 Å².